The summed E-state index contributed by atoms with van der Waals surface area (Å²) >= 11 is 18.6. The summed E-state index contributed by atoms with van der Waals surface area (Å²) in [5.41, 5.74) is 1.51. The molecule has 3 aromatic rings. The Balaban J connectivity index is 2.10. The van der Waals surface area contributed by atoms with Gasteiger partial charge in [0, 0.05) is 19.5 Å². The van der Waals surface area contributed by atoms with Crippen molar-refractivity contribution < 1.29 is 22.7 Å². The van der Waals surface area contributed by atoms with Crippen molar-refractivity contribution in [1.29, 1.82) is 0 Å². The van der Waals surface area contributed by atoms with Crippen LogP contribution in [0, 0.1) is 5.92 Å². The molecular weight excluding hydrogens is 621 g/mol. The van der Waals surface area contributed by atoms with E-state index < -0.39 is 28.5 Å². The monoisotopic (exact) mass is 653 g/mol. The minimum atomic E-state index is -4.03. The summed E-state index contributed by atoms with van der Waals surface area (Å²) < 4.78 is 32.2. The predicted molar refractivity (Wildman–Crippen MR) is 169 cm³/mol. The van der Waals surface area contributed by atoms with Gasteiger partial charge in [0.2, 0.25) is 21.8 Å². The van der Waals surface area contributed by atoms with E-state index in [0.29, 0.717) is 17.9 Å². The summed E-state index contributed by atoms with van der Waals surface area (Å²) in [7, 11) is -2.50. The number of benzene rings is 3. The molecule has 226 valence electrons. The molecule has 2 amide bonds. The van der Waals surface area contributed by atoms with Crippen molar-refractivity contribution in [2.45, 2.75) is 32.9 Å². The van der Waals surface area contributed by atoms with Crippen molar-refractivity contribution >= 4 is 62.3 Å². The molecule has 0 saturated carbocycles. The van der Waals surface area contributed by atoms with E-state index in [2.05, 4.69) is 5.32 Å². The molecule has 0 aliphatic carbocycles. The fourth-order valence-corrected chi connectivity index (χ4v) is 5.79. The molecule has 42 heavy (non-hydrogen) atoms. The minimum absolute atomic E-state index is 0.00233. The average Bonchev–Trinajstić information content (AvgIpc) is 2.94. The Labute approximate surface area is 262 Å². The van der Waals surface area contributed by atoms with Crippen molar-refractivity contribution in [3.8, 4) is 5.75 Å². The molecule has 0 aliphatic rings. The molecule has 0 unspecified atom stereocenters. The molecular formula is C30H34Cl3N3O5S. The van der Waals surface area contributed by atoms with Crippen LogP contribution >= 0.6 is 34.8 Å². The summed E-state index contributed by atoms with van der Waals surface area (Å²) in [6.45, 7) is 3.71. The van der Waals surface area contributed by atoms with Crippen LogP contribution in [-0.2, 0) is 32.6 Å². The number of methoxy groups -OCH3 is 1. The Hall–Kier alpha value is -2.98. The lowest BCUT2D eigenvalue weighted by molar-refractivity contribution is -0.140. The molecule has 8 nitrogen and oxygen atoms in total. The van der Waals surface area contributed by atoms with Crippen molar-refractivity contribution in [1.82, 2.24) is 10.2 Å². The lowest BCUT2D eigenvalue weighted by Crippen LogP contribution is -2.53. The third-order valence-corrected chi connectivity index (χ3v) is 8.53. The molecule has 0 aromatic heterocycles. The smallest absolute Gasteiger partial charge is 0.244 e. The number of anilines is 1. The Morgan fingerprint density at radius 1 is 0.905 bits per heavy atom. The number of carbonyl (C=O) groups excluding carboxylic acids is 2. The molecule has 0 bridgehead atoms. The van der Waals surface area contributed by atoms with Gasteiger partial charge in [-0.3, -0.25) is 13.9 Å². The first-order valence-electron chi connectivity index (χ1n) is 13.2. The Morgan fingerprint density at radius 3 is 2.17 bits per heavy atom. The maximum absolute atomic E-state index is 14.2. The van der Waals surface area contributed by atoms with E-state index in [0.717, 1.165) is 16.1 Å². The van der Waals surface area contributed by atoms with Crippen LogP contribution in [0.15, 0.2) is 66.7 Å². The number of amides is 2. The van der Waals surface area contributed by atoms with Gasteiger partial charge in [-0.25, -0.2) is 8.42 Å². The largest absolute Gasteiger partial charge is 0.497 e. The molecule has 1 N–H and O–H groups in total. The van der Waals surface area contributed by atoms with Crippen LogP contribution in [0.2, 0.25) is 15.1 Å². The van der Waals surface area contributed by atoms with Crippen LogP contribution in [0.4, 0.5) is 5.69 Å². The minimum Gasteiger partial charge on any atom is -0.497 e. The van der Waals surface area contributed by atoms with Crippen molar-refractivity contribution in [3.05, 3.63) is 92.9 Å². The van der Waals surface area contributed by atoms with E-state index in [1.165, 1.54) is 24.1 Å². The molecule has 0 radical (unpaired) electrons. The number of nitrogens with one attached hydrogen (secondary N) is 1. The van der Waals surface area contributed by atoms with Gasteiger partial charge in [-0.2, -0.15) is 0 Å². The lowest BCUT2D eigenvalue weighted by Gasteiger charge is -2.34. The standard InChI is InChI=1S/C30H34Cl3N3O5S/c1-20(2)17-34-30(38)28(14-21-9-6-5-7-10-21)35(18-22-11-8-12-23(13-22)41-3)29(37)19-36(42(4,39)40)27-16-25(32)24(31)15-26(27)33/h5-13,15-16,20,28H,14,17-19H2,1-4H3,(H,34,38)/t28-/m1/s1. The van der Waals surface area contributed by atoms with E-state index in [-0.39, 0.29) is 45.5 Å². The van der Waals surface area contributed by atoms with Crippen LogP contribution in [-0.4, -0.2) is 57.6 Å². The van der Waals surface area contributed by atoms with Gasteiger partial charge in [0.15, 0.2) is 0 Å². The van der Waals surface area contributed by atoms with Gasteiger partial charge in [0.1, 0.15) is 18.3 Å². The summed E-state index contributed by atoms with van der Waals surface area (Å²) in [6, 6.07) is 18.1. The van der Waals surface area contributed by atoms with Crippen LogP contribution in [0.25, 0.3) is 0 Å². The summed E-state index contributed by atoms with van der Waals surface area (Å²) in [4.78, 5) is 29.3. The Morgan fingerprint density at radius 2 is 1.55 bits per heavy atom. The predicted octanol–water partition coefficient (Wildman–Crippen LogP) is 5.83. The van der Waals surface area contributed by atoms with Crippen molar-refractivity contribution in [3.63, 3.8) is 0 Å². The molecule has 12 heteroatoms. The highest BCUT2D eigenvalue weighted by Gasteiger charge is 2.33. The van der Waals surface area contributed by atoms with Gasteiger partial charge >= 0.3 is 0 Å². The lowest BCUT2D eigenvalue weighted by atomic mass is 10.0. The summed E-state index contributed by atoms with van der Waals surface area (Å²) in [5, 5.41) is 3.14. The maximum Gasteiger partial charge on any atom is 0.244 e. The number of hydrogen-bond donors (Lipinski definition) is 1. The normalized spacial score (nSPS) is 12.1. The molecule has 3 rings (SSSR count). The molecule has 0 heterocycles. The number of hydrogen-bond acceptors (Lipinski definition) is 5. The first kappa shape index (κ1) is 33.5. The second-order valence-electron chi connectivity index (χ2n) is 10.2. The number of nitrogens with zero attached hydrogens (tertiary/aromatic N) is 2. The molecule has 0 aliphatic heterocycles. The maximum atomic E-state index is 14.2. The zero-order valence-electron chi connectivity index (χ0n) is 23.8. The van der Waals surface area contributed by atoms with Gasteiger partial charge in [-0.15, -0.1) is 0 Å². The molecule has 3 aromatic carbocycles. The molecule has 0 saturated heterocycles. The van der Waals surface area contributed by atoms with E-state index >= 15 is 0 Å². The van der Waals surface area contributed by atoms with Crippen LogP contribution in [0.5, 0.6) is 5.75 Å². The van der Waals surface area contributed by atoms with E-state index in [1.807, 2.05) is 44.2 Å². The van der Waals surface area contributed by atoms with Gasteiger partial charge in [0.05, 0.1) is 34.1 Å². The summed E-state index contributed by atoms with van der Waals surface area (Å²) in [6.07, 6.45) is 1.16. The van der Waals surface area contributed by atoms with E-state index in [9.17, 15) is 18.0 Å². The fraction of sp³-hybridized carbons (Fsp3) is 0.333. The first-order valence-corrected chi connectivity index (χ1v) is 16.1. The topological polar surface area (TPSA) is 96.0 Å². The number of ether oxygens (including phenoxy) is 1. The number of carbonyl (C=O) groups is 2. The molecule has 1 atom stereocenters. The fourth-order valence-electron chi connectivity index (χ4n) is 4.24. The van der Waals surface area contributed by atoms with Crippen molar-refractivity contribution in [2.75, 3.05) is 30.8 Å². The van der Waals surface area contributed by atoms with Crippen LogP contribution in [0.1, 0.15) is 25.0 Å². The van der Waals surface area contributed by atoms with Gasteiger partial charge in [0.25, 0.3) is 0 Å². The SMILES string of the molecule is COc1cccc(CN(C(=O)CN(c2cc(Cl)c(Cl)cc2Cl)S(C)(=O)=O)[C@H](Cc2ccccc2)C(=O)NCC(C)C)c1. The highest BCUT2D eigenvalue weighted by atomic mass is 35.5. The Kier molecular flexibility index (Phi) is 11.9. The molecule has 0 spiro atoms. The first-order chi connectivity index (χ1) is 19.8. The summed E-state index contributed by atoms with van der Waals surface area (Å²) in [5.74, 6) is -0.233. The van der Waals surface area contributed by atoms with E-state index in [4.69, 9.17) is 39.5 Å². The quantitative estimate of drug-likeness (QED) is 0.234. The molecule has 0 fully saturated rings. The third kappa shape index (κ3) is 9.26. The Bertz CT molecular complexity index is 1500. The zero-order valence-corrected chi connectivity index (χ0v) is 26.9. The van der Waals surface area contributed by atoms with E-state index in [1.54, 1.807) is 24.3 Å². The van der Waals surface area contributed by atoms with Gasteiger partial charge in [-0.05, 0) is 41.3 Å². The number of halogens is 3. The number of sulfonamides is 1. The van der Waals surface area contributed by atoms with Crippen LogP contribution < -0.4 is 14.4 Å². The van der Waals surface area contributed by atoms with Crippen molar-refractivity contribution in [2.24, 2.45) is 5.92 Å². The van der Waals surface area contributed by atoms with Crippen LogP contribution in [0.3, 0.4) is 0 Å². The average molecular weight is 655 g/mol. The second kappa shape index (κ2) is 15.0. The number of rotatable bonds is 13. The highest BCUT2D eigenvalue weighted by molar-refractivity contribution is 7.92. The third-order valence-electron chi connectivity index (χ3n) is 6.38. The second-order valence-corrected chi connectivity index (χ2v) is 13.3. The zero-order chi connectivity index (χ0) is 31.0. The van der Waals surface area contributed by atoms with Gasteiger partial charge < -0.3 is 15.0 Å². The highest BCUT2D eigenvalue weighted by Crippen LogP contribution is 2.35. The van der Waals surface area contributed by atoms with Gasteiger partial charge in [-0.1, -0.05) is 91.1 Å².